The van der Waals surface area contributed by atoms with Crippen LogP contribution >= 0.6 is 11.8 Å². The van der Waals surface area contributed by atoms with Gasteiger partial charge in [-0.15, -0.1) is 0 Å². The lowest BCUT2D eigenvalue weighted by atomic mass is 9.99. The number of nitrogens with zero attached hydrogens (tertiary/aromatic N) is 2. The molecule has 17 heavy (non-hydrogen) atoms. The molecule has 1 aromatic carbocycles. The molecular weight excluding hydrogens is 232 g/mol. The number of aliphatic imine (C=N–C) groups is 1. The molecule has 1 aliphatic rings. The summed E-state index contributed by atoms with van der Waals surface area (Å²) in [4.78, 5) is 4.48. The van der Waals surface area contributed by atoms with E-state index in [9.17, 15) is 0 Å². The predicted molar refractivity (Wildman–Crippen MR) is 70.1 cm³/mol. The fourth-order valence-electron chi connectivity index (χ4n) is 1.65. The van der Waals surface area contributed by atoms with Crippen molar-refractivity contribution < 1.29 is 0 Å². The summed E-state index contributed by atoms with van der Waals surface area (Å²) >= 11 is 1.48. The fourth-order valence-corrected chi connectivity index (χ4v) is 2.07. The highest BCUT2D eigenvalue weighted by Gasteiger charge is 2.24. The molecule has 1 unspecified atom stereocenters. The van der Waals surface area contributed by atoms with E-state index >= 15 is 0 Å². The first-order valence-electron chi connectivity index (χ1n) is 5.09. The van der Waals surface area contributed by atoms with Crippen molar-refractivity contribution in [2.24, 2.45) is 10.7 Å². The normalized spacial score (nSPS) is 19.3. The molecule has 4 nitrogen and oxygen atoms in total. The Hall–Kier alpha value is -1.93. The molecule has 0 radical (unpaired) electrons. The largest absolute Gasteiger partial charge is 0.384 e. The first-order valence-corrected chi connectivity index (χ1v) is 6.32. The van der Waals surface area contributed by atoms with E-state index in [4.69, 9.17) is 11.0 Å². The number of rotatable bonds is 1. The molecule has 0 saturated carbocycles. The third kappa shape index (κ3) is 2.27. The van der Waals surface area contributed by atoms with Crippen molar-refractivity contribution in [3.8, 4) is 6.07 Å². The maximum atomic E-state index is 9.15. The van der Waals surface area contributed by atoms with Crippen LogP contribution in [0.3, 0.4) is 0 Å². The number of thioether (sulfide) groups is 1. The molecule has 1 aromatic rings. The first kappa shape index (κ1) is 11.6. The van der Waals surface area contributed by atoms with Crippen molar-refractivity contribution in [3.63, 3.8) is 0 Å². The average molecular weight is 244 g/mol. The standard InChI is InChI=1S/C12H12N4S/c1-17-12-15-10(8-5-3-2-4-6-8)9(7-13)11(14)16-12/h2-6,10H,14H2,1H3,(H,15,16). The highest BCUT2D eigenvalue weighted by Crippen LogP contribution is 2.29. The SMILES string of the molecule is CSC1=NC(c2ccccc2)C(C#N)=C(N)N1. The lowest BCUT2D eigenvalue weighted by molar-refractivity contribution is 0.810. The van der Waals surface area contributed by atoms with Gasteiger partial charge in [0, 0.05) is 0 Å². The molecule has 86 valence electrons. The Bertz CT molecular complexity index is 513. The average Bonchev–Trinajstić information content (AvgIpc) is 2.38. The van der Waals surface area contributed by atoms with Gasteiger partial charge in [-0.2, -0.15) is 5.26 Å². The van der Waals surface area contributed by atoms with Gasteiger partial charge in [0.05, 0.1) is 5.57 Å². The minimum absolute atomic E-state index is 0.301. The van der Waals surface area contributed by atoms with Crippen LogP contribution in [0.4, 0.5) is 0 Å². The summed E-state index contributed by atoms with van der Waals surface area (Å²) in [5, 5.41) is 12.8. The lowest BCUT2D eigenvalue weighted by Gasteiger charge is -2.22. The third-order valence-electron chi connectivity index (χ3n) is 2.48. The molecule has 5 heteroatoms. The zero-order valence-corrected chi connectivity index (χ0v) is 10.2. The molecule has 1 atom stereocenters. The van der Waals surface area contributed by atoms with Crippen LogP contribution in [0.15, 0.2) is 46.7 Å². The summed E-state index contributed by atoms with van der Waals surface area (Å²) in [5.74, 6) is 0.390. The van der Waals surface area contributed by atoms with Crippen molar-refractivity contribution in [2.45, 2.75) is 6.04 Å². The second-order valence-corrected chi connectivity index (χ2v) is 4.31. The van der Waals surface area contributed by atoms with Crippen LogP contribution in [0, 0.1) is 11.3 Å². The monoisotopic (exact) mass is 244 g/mol. The van der Waals surface area contributed by atoms with Gasteiger partial charge in [0.15, 0.2) is 5.17 Å². The van der Waals surface area contributed by atoms with Gasteiger partial charge in [0.25, 0.3) is 0 Å². The molecule has 1 aliphatic heterocycles. The van der Waals surface area contributed by atoms with Gasteiger partial charge in [0.2, 0.25) is 0 Å². The van der Waals surface area contributed by atoms with Crippen molar-refractivity contribution in [3.05, 3.63) is 47.3 Å². The van der Waals surface area contributed by atoms with E-state index < -0.39 is 0 Å². The van der Waals surface area contributed by atoms with E-state index in [-0.39, 0.29) is 6.04 Å². The Labute approximate surface area is 104 Å². The van der Waals surface area contributed by atoms with E-state index in [1.807, 2.05) is 36.6 Å². The Morgan fingerprint density at radius 1 is 1.41 bits per heavy atom. The van der Waals surface area contributed by atoms with Gasteiger partial charge in [-0.25, -0.2) is 4.99 Å². The number of benzene rings is 1. The molecule has 0 saturated heterocycles. The van der Waals surface area contributed by atoms with Crippen LogP contribution in [0.2, 0.25) is 0 Å². The number of hydrogen-bond donors (Lipinski definition) is 2. The molecule has 0 bridgehead atoms. The van der Waals surface area contributed by atoms with Crippen molar-refractivity contribution in [2.75, 3.05) is 6.26 Å². The maximum absolute atomic E-state index is 9.15. The Morgan fingerprint density at radius 2 is 2.12 bits per heavy atom. The number of amidine groups is 1. The molecule has 0 aromatic heterocycles. The van der Waals surface area contributed by atoms with Crippen LogP contribution in [-0.2, 0) is 0 Å². The Morgan fingerprint density at radius 3 is 2.71 bits per heavy atom. The van der Waals surface area contributed by atoms with Crippen LogP contribution in [-0.4, -0.2) is 11.4 Å². The second kappa shape index (κ2) is 4.93. The molecule has 1 heterocycles. The zero-order valence-electron chi connectivity index (χ0n) is 9.34. The Kier molecular flexibility index (Phi) is 3.35. The first-order chi connectivity index (χ1) is 8.26. The molecular formula is C12H12N4S. The predicted octanol–water partition coefficient (Wildman–Crippen LogP) is 1.74. The van der Waals surface area contributed by atoms with Gasteiger partial charge in [0.1, 0.15) is 17.9 Å². The van der Waals surface area contributed by atoms with Gasteiger partial charge in [-0.05, 0) is 11.8 Å². The fraction of sp³-hybridized carbons (Fsp3) is 0.167. The number of nitrogens with two attached hydrogens (primary N) is 1. The highest BCUT2D eigenvalue weighted by atomic mass is 32.2. The lowest BCUT2D eigenvalue weighted by Crippen LogP contribution is -2.32. The summed E-state index contributed by atoms with van der Waals surface area (Å²) < 4.78 is 0. The molecule has 0 aliphatic carbocycles. The van der Waals surface area contributed by atoms with Gasteiger partial charge in [-0.1, -0.05) is 42.1 Å². The van der Waals surface area contributed by atoms with Gasteiger partial charge < -0.3 is 11.1 Å². The van der Waals surface area contributed by atoms with E-state index in [0.29, 0.717) is 11.4 Å². The van der Waals surface area contributed by atoms with E-state index in [1.165, 1.54) is 11.8 Å². The maximum Gasteiger partial charge on any atom is 0.162 e. The molecule has 0 fully saturated rings. The minimum Gasteiger partial charge on any atom is -0.384 e. The van der Waals surface area contributed by atoms with Crippen LogP contribution < -0.4 is 11.1 Å². The number of nitriles is 1. The second-order valence-electron chi connectivity index (χ2n) is 3.52. The summed E-state index contributed by atoms with van der Waals surface area (Å²) in [6.07, 6.45) is 1.92. The Balaban J connectivity index is 2.45. The van der Waals surface area contributed by atoms with Crippen molar-refractivity contribution >= 4 is 16.9 Å². The molecule has 0 spiro atoms. The summed E-state index contributed by atoms with van der Waals surface area (Å²) in [6, 6.07) is 11.5. The zero-order chi connectivity index (χ0) is 12.3. The van der Waals surface area contributed by atoms with Crippen LogP contribution in [0.1, 0.15) is 11.6 Å². The number of hydrogen-bond acceptors (Lipinski definition) is 5. The van der Waals surface area contributed by atoms with Crippen molar-refractivity contribution in [1.29, 1.82) is 5.26 Å². The number of nitrogens with one attached hydrogen (secondary N) is 1. The van der Waals surface area contributed by atoms with Gasteiger partial charge in [-0.3, -0.25) is 0 Å². The minimum atomic E-state index is -0.301. The molecule has 0 amide bonds. The third-order valence-corrected chi connectivity index (χ3v) is 3.07. The summed E-state index contributed by atoms with van der Waals surface area (Å²) in [6.45, 7) is 0. The van der Waals surface area contributed by atoms with E-state index in [2.05, 4.69) is 16.4 Å². The topological polar surface area (TPSA) is 74.2 Å². The molecule has 2 rings (SSSR count). The quantitative estimate of drug-likeness (QED) is 0.789. The van der Waals surface area contributed by atoms with Crippen LogP contribution in [0.25, 0.3) is 0 Å². The summed E-state index contributed by atoms with van der Waals surface area (Å²) in [7, 11) is 0. The van der Waals surface area contributed by atoms with Gasteiger partial charge >= 0.3 is 0 Å². The smallest absolute Gasteiger partial charge is 0.162 e. The molecule has 3 N–H and O–H groups in total. The van der Waals surface area contributed by atoms with Crippen molar-refractivity contribution in [1.82, 2.24) is 5.32 Å². The highest BCUT2D eigenvalue weighted by molar-refractivity contribution is 8.13. The van der Waals surface area contributed by atoms with E-state index in [1.54, 1.807) is 0 Å². The van der Waals surface area contributed by atoms with Crippen LogP contribution in [0.5, 0.6) is 0 Å². The van der Waals surface area contributed by atoms with E-state index in [0.717, 1.165) is 10.7 Å². The summed E-state index contributed by atoms with van der Waals surface area (Å²) in [5.41, 5.74) is 7.27.